The second-order valence-electron chi connectivity index (χ2n) is 6.97. The summed E-state index contributed by atoms with van der Waals surface area (Å²) >= 11 is 0. The van der Waals surface area contributed by atoms with Gasteiger partial charge in [0.1, 0.15) is 12.7 Å². The highest BCUT2D eigenvalue weighted by Gasteiger charge is 2.35. The average Bonchev–Trinajstić information content (AvgIpc) is 2.90. The van der Waals surface area contributed by atoms with Crippen molar-refractivity contribution < 1.29 is 14.3 Å². The molecule has 0 radical (unpaired) electrons. The van der Waals surface area contributed by atoms with Crippen LogP contribution in [0.4, 0.5) is 0 Å². The normalized spacial score (nSPS) is 19.5. The van der Waals surface area contributed by atoms with Gasteiger partial charge in [0.15, 0.2) is 6.23 Å². The number of hydrogen-bond donors (Lipinski definition) is 1. The van der Waals surface area contributed by atoms with Crippen LogP contribution in [-0.2, 0) is 14.3 Å². The minimum atomic E-state index is -0.682. The minimum absolute atomic E-state index is 0.0573. The quantitative estimate of drug-likeness (QED) is 0.857. The number of nitrogens with one attached hydrogen (secondary N) is 1. The summed E-state index contributed by atoms with van der Waals surface area (Å²) in [5.41, 5.74) is 0.0245. The Balaban J connectivity index is 1.88. The number of carbonyl (C=O) groups excluding carboxylic acids is 1. The second-order valence-corrected chi connectivity index (χ2v) is 6.97. The molecule has 1 aliphatic heterocycles. The fourth-order valence-electron chi connectivity index (χ4n) is 2.66. The second kappa shape index (κ2) is 6.33. The van der Waals surface area contributed by atoms with E-state index in [0.717, 1.165) is 11.1 Å². The first kappa shape index (κ1) is 17.2. The van der Waals surface area contributed by atoms with Crippen molar-refractivity contribution >= 4 is 5.97 Å². The number of H-pyrrole nitrogens is 1. The fourth-order valence-corrected chi connectivity index (χ4v) is 2.66. The van der Waals surface area contributed by atoms with Gasteiger partial charge in [-0.15, -0.1) is 0 Å². The summed E-state index contributed by atoms with van der Waals surface area (Å²) in [5.74, 6) is -0.321. The van der Waals surface area contributed by atoms with E-state index in [9.17, 15) is 14.4 Å². The van der Waals surface area contributed by atoms with E-state index in [1.807, 2.05) is 24.3 Å². The van der Waals surface area contributed by atoms with E-state index in [0.29, 0.717) is 0 Å². The number of aromatic nitrogens is 2. The zero-order chi connectivity index (χ0) is 18.2. The van der Waals surface area contributed by atoms with Gasteiger partial charge in [-0.1, -0.05) is 24.3 Å². The number of ether oxygens (including phenoxy) is 2. The molecular formula is C18H20N2O5. The number of nitrogens with zero attached hydrogens (tertiary/aromatic N) is 1. The molecule has 1 N–H and O–H groups in total. The maximum Gasteiger partial charge on any atom is 0.330 e. The fraction of sp³-hybridized carbons (Fsp3) is 0.389. The SMILES string of the molecule is CC(C)(C)C(=O)OCC1OC(n2ccc(=O)[nH]c2=O)c2ccccc21. The summed E-state index contributed by atoms with van der Waals surface area (Å²) in [6.07, 6.45) is 0.233. The van der Waals surface area contributed by atoms with E-state index in [2.05, 4.69) is 4.98 Å². The molecule has 2 unspecified atom stereocenters. The zero-order valence-electron chi connectivity index (χ0n) is 14.3. The van der Waals surface area contributed by atoms with Gasteiger partial charge in [-0.25, -0.2) is 4.79 Å². The Morgan fingerprint density at radius 1 is 1.20 bits per heavy atom. The monoisotopic (exact) mass is 344 g/mol. The third-order valence-electron chi connectivity index (χ3n) is 3.98. The van der Waals surface area contributed by atoms with Crippen molar-refractivity contribution in [1.82, 2.24) is 9.55 Å². The van der Waals surface area contributed by atoms with Crippen LogP contribution in [0.2, 0.25) is 0 Å². The smallest absolute Gasteiger partial charge is 0.330 e. The third-order valence-corrected chi connectivity index (χ3v) is 3.98. The molecule has 0 saturated carbocycles. The molecule has 25 heavy (non-hydrogen) atoms. The maximum atomic E-state index is 12.1. The maximum absolute atomic E-state index is 12.1. The Labute approximate surface area is 144 Å². The Morgan fingerprint density at radius 2 is 1.88 bits per heavy atom. The molecule has 0 saturated heterocycles. The summed E-state index contributed by atoms with van der Waals surface area (Å²) in [7, 11) is 0. The molecule has 7 nitrogen and oxygen atoms in total. The predicted octanol–water partition coefficient (Wildman–Crippen LogP) is 1.74. The molecule has 3 rings (SSSR count). The van der Waals surface area contributed by atoms with Gasteiger partial charge in [-0.3, -0.25) is 19.1 Å². The summed E-state index contributed by atoms with van der Waals surface area (Å²) in [4.78, 5) is 37.6. The number of benzene rings is 1. The minimum Gasteiger partial charge on any atom is -0.462 e. The number of hydrogen-bond acceptors (Lipinski definition) is 5. The lowest BCUT2D eigenvalue weighted by Gasteiger charge is -2.20. The molecule has 0 spiro atoms. The van der Waals surface area contributed by atoms with Gasteiger partial charge >= 0.3 is 11.7 Å². The highest BCUT2D eigenvalue weighted by molar-refractivity contribution is 5.75. The number of fused-ring (bicyclic) bond motifs is 1. The van der Waals surface area contributed by atoms with E-state index >= 15 is 0 Å². The van der Waals surface area contributed by atoms with Gasteiger partial charge in [0, 0.05) is 17.8 Å². The molecule has 0 fully saturated rings. The predicted molar refractivity (Wildman–Crippen MR) is 90.1 cm³/mol. The molecule has 1 aromatic heterocycles. The molecule has 0 bridgehead atoms. The number of esters is 1. The first-order valence-corrected chi connectivity index (χ1v) is 8.00. The zero-order valence-corrected chi connectivity index (χ0v) is 14.3. The third kappa shape index (κ3) is 3.41. The van der Waals surface area contributed by atoms with E-state index in [1.54, 1.807) is 20.8 Å². The van der Waals surface area contributed by atoms with Crippen molar-refractivity contribution in [3.8, 4) is 0 Å². The highest BCUT2D eigenvalue weighted by Crippen LogP contribution is 2.39. The number of aromatic amines is 1. The van der Waals surface area contributed by atoms with Crippen LogP contribution in [0.5, 0.6) is 0 Å². The molecule has 0 aliphatic carbocycles. The topological polar surface area (TPSA) is 90.4 Å². The summed E-state index contributed by atoms with van der Waals surface area (Å²) < 4.78 is 12.6. The van der Waals surface area contributed by atoms with Crippen LogP contribution in [0.1, 0.15) is 44.2 Å². The van der Waals surface area contributed by atoms with Crippen LogP contribution in [0.25, 0.3) is 0 Å². The van der Waals surface area contributed by atoms with Crippen molar-refractivity contribution in [2.45, 2.75) is 33.1 Å². The molecule has 2 heterocycles. The largest absolute Gasteiger partial charge is 0.462 e. The van der Waals surface area contributed by atoms with Crippen LogP contribution in [-0.4, -0.2) is 22.1 Å². The summed E-state index contributed by atoms with van der Waals surface area (Å²) in [6.45, 7) is 5.39. The van der Waals surface area contributed by atoms with Gasteiger partial charge in [0.2, 0.25) is 0 Å². The lowest BCUT2D eigenvalue weighted by atomic mass is 9.97. The van der Waals surface area contributed by atoms with Crippen molar-refractivity contribution in [3.63, 3.8) is 0 Å². The standard InChI is InChI=1S/C18H20N2O5/c1-18(2,3)16(22)24-10-13-11-6-4-5-7-12(11)15(25-13)20-9-8-14(21)19-17(20)23/h4-9,13,15H,10H2,1-3H3,(H,19,21,23). The molecule has 7 heteroatoms. The Kier molecular flexibility index (Phi) is 4.34. The first-order chi connectivity index (χ1) is 11.8. The van der Waals surface area contributed by atoms with Gasteiger partial charge in [-0.05, 0) is 26.3 Å². The molecule has 2 atom stereocenters. The van der Waals surface area contributed by atoms with Crippen molar-refractivity contribution in [1.29, 1.82) is 0 Å². The molecule has 132 valence electrons. The Bertz CT molecular complexity index is 906. The molecule has 2 aromatic rings. The molecular weight excluding hydrogens is 324 g/mol. The highest BCUT2D eigenvalue weighted by atomic mass is 16.6. The summed E-state index contributed by atoms with van der Waals surface area (Å²) in [6, 6.07) is 8.69. The van der Waals surface area contributed by atoms with Gasteiger partial charge < -0.3 is 9.47 Å². The van der Waals surface area contributed by atoms with Crippen LogP contribution >= 0.6 is 0 Å². The number of rotatable bonds is 3. The molecule has 1 aromatic carbocycles. The van der Waals surface area contributed by atoms with E-state index in [-0.39, 0.29) is 12.6 Å². The van der Waals surface area contributed by atoms with Crippen molar-refractivity contribution in [3.05, 3.63) is 68.5 Å². The van der Waals surface area contributed by atoms with Crippen molar-refractivity contribution in [2.75, 3.05) is 6.61 Å². The lowest BCUT2D eigenvalue weighted by Crippen LogP contribution is -2.32. The Morgan fingerprint density at radius 3 is 2.52 bits per heavy atom. The van der Waals surface area contributed by atoms with Crippen LogP contribution in [0, 0.1) is 5.41 Å². The average molecular weight is 344 g/mol. The Hall–Kier alpha value is -2.67. The van der Waals surface area contributed by atoms with Gasteiger partial charge in [0.05, 0.1) is 5.41 Å². The lowest BCUT2D eigenvalue weighted by molar-refractivity contribution is -0.158. The van der Waals surface area contributed by atoms with E-state index < -0.39 is 29.0 Å². The first-order valence-electron chi connectivity index (χ1n) is 8.00. The van der Waals surface area contributed by atoms with E-state index in [4.69, 9.17) is 9.47 Å². The number of carbonyl (C=O) groups is 1. The van der Waals surface area contributed by atoms with E-state index in [1.165, 1.54) is 16.8 Å². The van der Waals surface area contributed by atoms with Crippen molar-refractivity contribution in [2.24, 2.45) is 5.41 Å². The van der Waals surface area contributed by atoms with Gasteiger partial charge in [-0.2, -0.15) is 0 Å². The van der Waals surface area contributed by atoms with Gasteiger partial charge in [0.25, 0.3) is 5.56 Å². The van der Waals surface area contributed by atoms with Crippen LogP contribution in [0.3, 0.4) is 0 Å². The molecule has 1 aliphatic rings. The van der Waals surface area contributed by atoms with Crippen LogP contribution < -0.4 is 11.2 Å². The summed E-state index contributed by atoms with van der Waals surface area (Å²) in [5, 5.41) is 0. The van der Waals surface area contributed by atoms with Crippen LogP contribution in [0.15, 0.2) is 46.1 Å². The molecule has 0 amide bonds.